The van der Waals surface area contributed by atoms with E-state index in [1.54, 1.807) is 6.07 Å². The minimum absolute atomic E-state index is 0.00470. The number of carbonyl (C=O) groups excluding carboxylic acids is 2. The maximum atomic E-state index is 12.1. The molecule has 3 rings (SSSR count). The van der Waals surface area contributed by atoms with Gasteiger partial charge in [-0.3, -0.25) is 9.59 Å². The van der Waals surface area contributed by atoms with Crippen LogP contribution in [0.5, 0.6) is 11.5 Å². The lowest BCUT2D eigenvalue weighted by Gasteiger charge is -2.13. The normalized spacial score (nSPS) is 15.2. The summed E-state index contributed by atoms with van der Waals surface area (Å²) in [7, 11) is 0. The van der Waals surface area contributed by atoms with Crippen LogP contribution in [0.25, 0.3) is 0 Å². The Hall–Kier alpha value is -2.34. The summed E-state index contributed by atoms with van der Waals surface area (Å²) >= 11 is 1.40. The summed E-state index contributed by atoms with van der Waals surface area (Å²) in [6.07, 6.45) is 1.43. The lowest BCUT2D eigenvalue weighted by molar-refractivity contribution is -0.121. The summed E-state index contributed by atoms with van der Waals surface area (Å²) in [6.45, 7) is 4.88. The molecule has 1 aliphatic rings. The highest BCUT2D eigenvalue weighted by atomic mass is 32.1. The Morgan fingerprint density at radius 1 is 1.35 bits per heavy atom. The maximum absolute atomic E-state index is 12.1. The largest absolute Gasteiger partial charge is 0.494 e. The van der Waals surface area contributed by atoms with Crippen molar-refractivity contribution >= 4 is 23.0 Å². The highest BCUT2D eigenvalue weighted by molar-refractivity contribution is 7.12. The van der Waals surface area contributed by atoms with Crippen LogP contribution in [0.2, 0.25) is 0 Å². The van der Waals surface area contributed by atoms with Gasteiger partial charge in [-0.25, -0.2) is 0 Å². The molecule has 0 fully saturated rings. The highest BCUT2D eigenvalue weighted by Crippen LogP contribution is 2.35. The van der Waals surface area contributed by atoms with Crippen LogP contribution in [0.15, 0.2) is 29.6 Å². The van der Waals surface area contributed by atoms with Crippen LogP contribution < -0.4 is 14.8 Å². The molecule has 0 radical (unpaired) electrons. The molecular weight excluding hydrogens is 350 g/mol. The molecule has 1 amide bonds. The molecule has 1 aliphatic heterocycles. The van der Waals surface area contributed by atoms with Crippen molar-refractivity contribution in [2.24, 2.45) is 0 Å². The van der Waals surface area contributed by atoms with Gasteiger partial charge in [-0.15, -0.1) is 11.3 Å². The van der Waals surface area contributed by atoms with Crippen LogP contribution in [0, 0.1) is 0 Å². The molecule has 1 atom stereocenters. The number of hydrogen-bond acceptors (Lipinski definition) is 5. The van der Waals surface area contributed by atoms with Crippen molar-refractivity contribution in [3.8, 4) is 11.5 Å². The number of hydrogen-bond donors (Lipinski definition) is 1. The molecule has 2 aromatic rings. The molecule has 6 heteroatoms. The second kappa shape index (κ2) is 8.36. The monoisotopic (exact) mass is 373 g/mol. The fourth-order valence-corrected chi connectivity index (χ4v) is 3.67. The smallest absolute Gasteiger partial charge is 0.220 e. The van der Waals surface area contributed by atoms with Crippen LogP contribution in [-0.4, -0.2) is 24.4 Å². The summed E-state index contributed by atoms with van der Waals surface area (Å²) in [5, 5.41) is 4.74. The van der Waals surface area contributed by atoms with Crippen LogP contribution >= 0.6 is 11.3 Å². The number of benzene rings is 1. The summed E-state index contributed by atoms with van der Waals surface area (Å²) in [5.41, 5.74) is 2.02. The zero-order valence-corrected chi connectivity index (χ0v) is 15.9. The van der Waals surface area contributed by atoms with E-state index in [-0.39, 0.29) is 30.6 Å². The Bertz CT molecular complexity index is 785. The number of rotatable bonds is 8. The van der Waals surface area contributed by atoms with Gasteiger partial charge in [-0.1, -0.05) is 6.07 Å². The predicted octanol–water partition coefficient (Wildman–Crippen LogP) is 3.75. The Balaban J connectivity index is 1.57. The van der Waals surface area contributed by atoms with Crippen LogP contribution in [0.3, 0.4) is 0 Å². The quantitative estimate of drug-likeness (QED) is 0.716. The van der Waals surface area contributed by atoms with Crippen molar-refractivity contribution in [2.75, 3.05) is 6.61 Å². The summed E-state index contributed by atoms with van der Waals surface area (Å²) < 4.78 is 11.5. The fourth-order valence-electron chi connectivity index (χ4n) is 2.98. The van der Waals surface area contributed by atoms with Gasteiger partial charge in [0.1, 0.15) is 17.6 Å². The number of carbonyl (C=O) groups is 2. The van der Waals surface area contributed by atoms with Crippen molar-refractivity contribution in [3.05, 3.63) is 45.6 Å². The molecular formula is C20H23NO4S. The SMILES string of the molecule is CCOc1cc2c(cc1CNC(=O)CCC(=O)c1cccs1)OC(C)C2. The summed E-state index contributed by atoms with van der Waals surface area (Å²) in [5.74, 6) is 1.49. The van der Waals surface area contributed by atoms with E-state index in [9.17, 15) is 9.59 Å². The number of nitrogens with one attached hydrogen (secondary N) is 1. The van der Waals surface area contributed by atoms with Crippen LogP contribution in [0.1, 0.15) is 47.5 Å². The van der Waals surface area contributed by atoms with Gasteiger partial charge in [0.05, 0.1) is 11.5 Å². The Morgan fingerprint density at radius 2 is 2.19 bits per heavy atom. The Labute approximate surface area is 157 Å². The van der Waals surface area contributed by atoms with E-state index < -0.39 is 0 Å². The van der Waals surface area contributed by atoms with Gasteiger partial charge in [0.25, 0.3) is 0 Å². The van der Waals surface area contributed by atoms with Gasteiger partial charge >= 0.3 is 0 Å². The maximum Gasteiger partial charge on any atom is 0.220 e. The minimum Gasteiger partial charge on any atom is -0.494 e. The number of ether oxygens (including phenoxy) is 2. The second-order valence-corrected chi connectivity index (χ2v) is 7.26. The lowest BCUT2D eigenvalue weighted by Crippen LogP contribution is -2.23. The highest BCUT2D eigenvalue weighted by Gasteiger charge is 2.22. The molecule has 1 aromatic carbocycles. The Morgan fingerprint density at radius 3 is 2.92 bits per heavy atom. The predicted molar refractivity (Wildman–Crippen MR) is 101 cm³/mol. The first-order valence-corrected chi connectivity index (χ1v) is 9.73. The number of thiophene rings is 1. The van der Waals surface area contributed by atoms with Gasteiger partial charge in [0, 0.05) is 36.9 Å². The average Bonchev–Trinajstić information content (AvgIpc) is 3.26. The average molecular weight is 373 g/mol. The third-order valence-electron chi connectivity index (χ3n) is 4.23. The molecule has 1 unspecified atom stereocenters. The molecule has 0 bridgehead atoms. The first kappa shape index (κ1) is 18.5. The van der Waals surface area contributed by atoms with Gasteiger partial charge in [0.2, 0.25) is 5.91 Å². The van der Waals surface area contributed by atoms with Crippen molar-refractivity contribution in [1.29, 1.82) is 0 Å². The van der Waals surface area contributed by atoms with Gasteiger partial charge in [-0.05, 0) is 37.4 Å². The first-order valence-electron chi connectivity index (χ1n) is 8.85. The van der Waals surface area contributed by atoms with E-state index in [0.717, 1.165) is 29.0 Å². The molecule has 0 spiro atoms. The van der Waals surface area contributed by atoms with Crippen molar-refractivity contribution in [2.45, 2.75) is 45.8 Å². The molecule has 2 heterocycles. The van der Waals surface area contributed by atoms with Crippen molar-refractivity contribution in [3.63, 3.8) is 0 Å². The van der Waals surface area contributed by atoms with E-state index in [1.165, 1.54) is 11.3 Å². The van der Waals surface area contributed by atoms with E-state index in [1.807, 2.05) is 37.4 Å². The molecule has 5 nitrogen and oxygen atoms in total. The molecule has 0 aliphatic carbocycles. The second-order valence-electron chi connectivity index (χ2n) is 6.31. The van der Waals surface area contributed by atoms with Crippen LogP contribution in [0.4, 0.5) is 0 Å². The third-order valence-corrected chi connectivity index (χ3v) is 5.14. The number of fused-ring (bicyclic) bond motifs is 1. The molecule has 0 saturated carbocycles. The van der Waals surface area contributed by atoms with E-state index in [0.29, 0.717) is 18.0 Å². The minimum atomic E-state index is -0.146. The number of ketones is 1. The zero-order chi connectivity index (χ0) is 18.5. The zero-order valence-electron chi connectivity index (χ0n) is 15.0. The van der Waals surface area contributed by atoms with E-state index in [4.69, 9.17) is 9.47 Å². The number of amides is 1. The molecule has 138 valence electrons. The topological polar surface area (TPSA) is 64.6 Å². The fraction of sp³-hybridized carbons (Fsp3) is 0.400. The Kier molecular flexibility index (Phi) is 5.93. The number of Topliss-reactive ketones (excluding diaryl/α,β-unsaturated/α-hetero) is 1. The van der Waals surface area contributed by atoms with Gasteiger partial charge in [-0.2, -0.15) is 0 Å². The van der Waals surface area contributed by atoms with Crippen molar-refractivity contribution < 1.29 is 19.1 Å². The summed E-state index contributed by atoms with van der Waals surface area (Å²) in [4.78, 5) is 24.8. The van der Waals surface area contributed by atoms with Crippen LogP contribution in [-0.2, 0) is 17.8 Å². The molecule has 0 saturated heterocycles. The van der Waals surface area contributed by atoms with E-state index in [2.05, 4.69) is 5.32 Å². The van der Waals surface area contributed by atoms with E-state index >= 15 is 0 Å². The van der Waals surface area contributed by atoms with Gasteiger partial charge < -0.3 is 14.8 Å². The standard InChI is InChI=1S/C20H23NO4S/c1-3-24-17-10-14-9-13(2)25-18(14)11-15(17)12-21-20(23)7-6-16(22)19-5-4-8-26-19/h4-5,8,10-11,13H,3,6-7,9,12H2,1-2H3,(H,21,23). The lowest BCUT2D eigenvalue weighted by atomic mass is 10.1. The first-order chi connectivity index (χ1) is 12.6. The molecule has 1 aromatic heterocycles. The van der Waals surface area contributed by atoms with Crippen molar-refractivity contribution in [1.82, 2.24) is 5.32 Å². The summed E-state index contributed by atoms with van der Waals surface area (Å²) in [6, 6.07) is 7.57. The molecule has 26 heavy (non-hydrogen) atoms. The molecule has 1 N–H and O–H groups in total. The van der Waals surface area contributed by atoms with Gasteiger partial charge in [0.15, 0.2) is 5.78 Å². The third kappa shape index (κ3) is 4.43.